The number of carbonyl (C=O) groups is 2. The third-order valence-corrected chi connectivity index (χ3v) is 5.00. The SMILES string of the molecule is CCNC(=O)C1CCc2sc(NC(=O)c3ccc(OC)cc3)nc21. The first-order valence-corrected chi connectivity index (χ1v) is 8.66. The number of ether oxygens (including phenoxy) is 1. The summed E-state index contributed by atoms with van der Waals surface area (Å²) in [6.45, 7) is 2.51. The van der Waals surface area contributed by atoms with Gasteiger partial charge in [-0.3, -0.25) is 14.9 Å². The number of thiazole rings is 1. The third-order valence-electron chi connectivity index (χ3n) is 3.96. The number of anilines is 1. The average molecular weight is 345 g/mol. The smallest absolute Gasteiger partial charge is 0.257 e. The average Bonchev–Trinajstić information content (AvgIpc) is 3.15. The molecule has 1 unspecified atom stereocenters. The number of nitrogens with zero attached hydrogens (tertiary/aromatic N) is 1. The van der Waals surface area contributed by atoms with Gasteiger partial charge in [-0.25, -0.2) is 4.98 Å². The van der Waals surface area contributed by atoms with E-state index in [1.54, 1.807) is 31.4 Å². The molecule has 0 saturated carbocycles. The number of aryl methyl sites for hydroxylation is 1. The second-order valence-electron chi connectivity index (χ2n) is 5.50. The molecule has 2 N–H and O–H groups in total. The molecular formula is C17H19N3O3S. The Morgan fingerprint density at radius 2 is 2.08 bits per heavy atom. The van der Waals surface area contributed by atoms with E-state index < -0.39 is 0 Å². The Balaban J connectivity index is 1.71. The van der Waals surface area contributed by atoms with Crippen LogP contribution in [0.2, 0.25) is 0 Å². The molecule has 126 valence electrons. The van der Waals surface area contributed by atoms with Gasteiger partial charge in [-0.15, -0.1) is 11.3 Å². The fourth-order valence-electron chi connectivity index (χ4n) is 2.74. The quantitative estimate of drug-likeness (QED) is 0.873. The summed E-state index contributed by atoms with van der Waals surface area (Å²) >= 11 is 1.44. The predicted molar refractivity (Wildman–Crippen MR) is 92.8 cm³/mol. The summed E-state index contributed by atoms with van der Waals surface area (Å²) in [4.78, 5) is 29.9. The number of aromatic nitrogens is 1. The van der Waals surface area contributed by atoms with Gasteiger partial charge in [0.2, 0.25) is 5.91 Å². The number of rotatable bonds is 5. The number of hydrogen-bond acceptors (Lipinski definition) is 5. The van der Waals surface area contributed by atoms with Crippen LogP contribution < -0.4 is 15.4 Å². The Labute approximate surface area is 144 Å². The van der Waals surface area contributed by atoms with Gasteiger partial charge in [0.15, 0.2) is 5.13 Å². The minimum Gasteiger partial charge on any atom is -0.497 e. The largest absolute Gasteiger partial charge is 0.497 e. The molecule has 1 aromatic carbocycles. The summed E-state index contributed by atoms with van der Waals surface area (Å²) in [5.41, 5.74) is 1.34. The van der Waals surface area contributed by atoms with Crippen LogP contribution in [0, 0.1) is 0 Å². The molecule has 1 aliphatic carbocycles. The maximum Gasteiger partial charge on any atom is 0.257 e. The van der Waals surface area contributed by atoms with E-state index in [2.05, 4.69) is 15.6 Å². The van der Waals surface area contributed by atoms with E-state index in [0.717, 1.165) is 23.4 Å². The van der Waals surface area contributed by atoms with E-state index in [1.807, 2.05) is 6.92 Å². The third kappa shape index (κ3) is 3.26. The highest BCUT2D eigenvalue weighted by Crippen LogP contribution is 2.38. The Kier molecular flexibility index (Phi) is 4.80. The molecule has 1 aliphatic rings. The molecule has 2 aromatic rings. The Hall–Kier alpha value is -2.41. The van der Waals surface area contributed by atoms with Crippen LogP contribution in [0.4, 0.5) is 5.13 Å². The fraction of sp³-hybridized carbons (Fsp3) is 0.353. The van der Waals surface area contributed by atoms with Crippen molar-refractivity contribution >= 4 is 28.3 Å². The van der Waals surface area contributed by atoms with Crippen molar-refractivity contribution in [3.63, 3.8) is 0 Å². The molecule has 0 saturated heterocycles. The number of likely N-dealkylation sites (N-methyl/N-ethyl adjacent to an activating group) is 1. The molecule has 1 aromatic heterocycles. The second kappa shape index (κ2) is 7.00. The van der Waals surface area contributed by atoms with Gasteiger partial charge in [0.1, 0.15) is 5.75 Å². The standard InChI is InChI=1S/C17H19N3O3S/c1-3-18-16(22)12-8-9-13-14(12)19-17(24-13)20-15(21)10-4-6-11(23-2)7-5-10/h4-7,12H,3,8-9H2,1-2H3,(H,18,22)(H,19,20,21). The van der Waals surface area contributed by atoms with E-state index in [9.17, 15) is 9.59 Å². The van der Waals surface area contributed by atoms with Crippen molar-refractivity contribution in [1.82, 2.24) is 10.3 Å². The molecule has 24 heavy (non-hydrogen) atoms. The van der Waals surface area contributed by atoms with Gasteiger partial charge in [-0.05, 0) is 44.0 Å². The molecule has 0 radical (unpaired) electrons. The van der Waals surface area contributed by atoms with E-state index in [0.29, 0.717) is 23.0 Å². The number of fused-ring (bicyclic) bond motifs is 1. The van der Waals surface area contributed by atoms with Gasteiger partial charge >= 0.3 is 0 Å². The number of methoxy groups -OCH3 is 1. The summed E-state index contributed by atoms with van der Waals surface area (Å²) in [6.07, 6.45) is 1.61. The van der Waals surface area contributed by atoms with Crippen molar-refractivity contribution < 1.29 is 14.3 Å². The van der Waals surface area contributed by atoms with Gasteiger partial charge in [0.25, 0.3) is 5.91 Å². The van der Waals surface area contributed by atoms with E-state index in [4.69, 9.17) is 4.74 Å². The lowest BCUT2D eigenvalue weighted by atomic mass is 10.1. The molecule has 2 amide bonds. The first-order chi connectivity index (χ1) is 11.6. The van der Waals surface area contributed by atoms with Crippen LogP contribution in [-0.4, -0.2) is 30.5 Å². The maximum atomic E-state index is 12.3. The van der Waals surface area contributed by atoms with Crippen LogP contribution in [0.1, 0.15) is 40.2 Å². The predicted octanol–water partition coefficient (Wildman–Crippen LogP) is 2.57. The first-order valence-electron chi connectivity index (χ1n) is 7.85. The van der Waals surface area contributed by atoms with Crippen molar-refractivity contribution in [2.24, 2.45) is 0 Å². The molecule has 1 atom stereocenters. The Morgan fingerprint density at radius 3 is 2.75 bits per heavy atom. The van der Waals surface area contributed by atoms with E-state index in [1.165, 1.54) is 11.3 Å². The van der Waals surface area contributed by atoms with Gasteiger partial charge in [0, 0.05) is 17.0 Å². The topological polar surface area (TPSA) is 80.3 Å². The number of hydrogen-bond donors (Lipinski definition) is 2. The van der Waals surface area contributed by atoms with Gasteiger partial charge < -0.3 is 10.1 Å². The fourth-order valence-corrected chi connectivity index (χ4v) is 3.78. The maximum absolute atomic E-state index is 12.3. The minimum atomic E-state index is -0.223. The Morgan fingerprint density at radius 1 is 1.33 bits per heavy atom. The lowest BCUT2D eigenvalue weighted by molar-refractivity contribution is -0.122. The number of benzene rings is 1. The number of carbonyl (C=O) groups excluding carboxylic acids is 2. The monoisotopic (exact) mass is 345 g/mol. The summed E-state index contributed by atoms with van der Waals surface area (Å²) in [6, 6.07) is 6.88. The summed E-state index contributed by atoms with van der Waals surface area (Å²) in [5.74, 6) is 0.279. The molecule has 6 nitrogen and oxygen atoms in total. The molecule has 3 rings (SSSR count). The van der Waals surface area contributed by atoms with Gasteiger partial charge in [-0.1, -0.05) is 0 Å². The van der Waals surface area contributed by atoms with Crippen molar-refractivity contribution in [3.8, 4) is 5.75 Å². The highest BCUT2D eigenvalue weighted by molar-refractivity contribution is 7.16. The molecule has 0 aliphatic heterocycles. The normalized spacial score (nSPS) is 15.7. The summed E-state index contributed by atoms with van der Waals surface area (Å²) in [5, 5.41) is 6.19. The van der Waals surface area contributed by atoms with E-state index >= 15 is 0 Å². The lowest BCUT2D eigenvalue weighted by Gasteiger charge is -2.08. The highest BCUT2D eigenvalue weighted by Gasteiger charge is 2.32. The Bertz CT molecular complexity index is 755. The summed E-state index contributed by atoms with van der Waals surface area (Å²) in [7, 11) is 1.58. The number of nitrogens with one attached hydrogen (secondary N) is 2. The zero-order valence-corrected chi connectivity index (χ0v) is 14.4. The minimum absolute atomic E-state index is 0.00887. The van der Waals surface area contributed by atoms with Crippen LogP contribution in [0.5, 0.6) is 5.75 Å². The van der Waals surface area contributed by atoms with E-state index in [-0.39, 0.29) is 17.7 Å². The van der Waals surface area contributed by atoms with Crippen molar-refractivity contribution in [2.45, 2.75) is 25.7 Å². The van der Waals surface area contributed by atoms with Crippen LogP contribution in [-0.2, 0) is 11.2 Å². The number of amides is 2. The molecule has 0 fully saturated rings. The van der Waals surface area contributed by atoms with Crippen LogP contribution >= 0.6 is 11.3 Å². The van der Waals surface area contributed by atoms with Crippen molar-refractivity contribution in [1.29, 1.82) is 0 Å². The van der Waals surface area contributed by atoms with Crippen molar-refractivity contribution in [2.75, 3.05) is 19.0 Å². The molecule has 0 spiro atoms. The van der Waals surface area contributed by atoms with Crippen LogP contribution in [0.3, 0.4) is 0 Å². The molecule has 0 bridgehead atoms. The van der Waals surface area contributed by atoms with Crippen LogP contribution in [0.15, 0.2) is 24.3 Å². The molecule has 7 heteroatoms. The lowest BCUT2D eigenvalue weighted by Crippen LogP contribution is -2.28. The van der Waals surface area contributed by atoms with Crippen LogP contribution in [0.25, 0.3) is 0 Å². The van der Waals surface area contributed by atoms with Crippen molar-refractivity contribution in [3.05, 3.63) is 40.4 Å². The second-order valence-corrected chi connectivity index (χ2v) is 6.58. The zero-order valence-electron chi connectivity index (χ0n) is 13.6. The first kappa shape index (κ1) is 16.4. The summed E-state index contributed by atoms with van der Waals surface area (Å²) < 4.78 is 5.08. The van der Waals surface area contributed by atoms with Gasteiger partial charge in [0.05, 0.1) is 18.7 Å². The van der Waals surface area contributed by atoms with Gasteiger partial charge in [-0.2, -0.15) is 0 Å². The molecular weight excluding hydrogens is 326 g/mol. The highest BCUT2D eigenvalue weighted by atomic mass is 32.1. The zero-order chi connectivity index (χ0) is 17.1. The molecule has 1 heterocycles.